The molecule has 34 heavy (non-hydrogen) atoms. The predicted octanol–water partition coefficient (Wildman–Crippen LogP) is 0.864. The van der Waals surface area contributed by atoms with E-state index in [9.17, 15) is 37.8 Å². The number of nitrogens with one attached hydrogen (secondary N) is 1. The summed E-state index contributed by atoms with van der Waals surface area (Å²) in [7, 11) is 0. The van der Waals surface area contributed by atoms with Gasteiger partial charge < -0.3 is 20.3 Å². The van der Waals surface area contributed by atoms with Gasteiger partial charge in [-0.1, -0.05) is 0 Å². The zero-order valence-corrected chi connectivity index (χ0v) is 18.3. The third-order valence-corrected chi connectivity index (χ3v) is 7.21. The number of amides is 3. The average molecular weight is 481 g/mol. The Bertz CT molecular complexity index is 1130. The van der Waals surface area contributed by atoms with Crippen molar-refractivity contribution in [3.05, 3.63) is 29.3 Å². The van der Waals surface area contributed by atoms with Crippen molar-refractivity contribution in [2.45, 2.75) is 50.2 Å². The Kier molecular flexibility index (Phi) is 5.32. The van der Waals surface area contributed by atoms with E-state index in [0.717, 1.165) is 12.1 Å². The second kappa shape index (κ2) is 7.49. The topological polar surface area (TPSA) is 140 Å². The molecule has 1 aromatic carbocycles. The molecule has 0 aliphatic carbocycles. The van der Waals surface area contributed by atoms with Crippen LogP contribution < -0.4 is 10.2 Å². The summed E-state index contributed by atoms with van der Waals surface area (Å²) in [5, 5.41) is 32.0. The lowest BCUT2D eigenvalue weighted by atomic mass is 9.55. The Morgan fingerprint density at radius 3 is 2.62 bits per heavy atom. The molecule has 5 atom stereocenters. The maximum atomic E-state index is 13.9. The van der Waals surface area contributed by atoms with E-state index in [-0.39, 0.29) is 19.4 Å². The summed E-state index contributed by atoms with van der Waals surface area (Å²) in [6.45, 7) is 2.55. The lowest BCUT2D eigenvalue weighted by molar-refractivity contribution is -0.153. The SMILES string of the molecule is CCNC(=O)[C@]12C(=O)N(c3ccc(C#N)c(C(F)(F)F)c3)C(=O)[C@H]1[C@@]1(CCO)O[C@]2(C)C[C@@H]1O. The first-order valence-electron chi connectivity index (χ1n) is 10.6. The monoisotopic (exact) mass is 481 g/mol. The van der Waals surface area contributed by atoms with Gasteiger partial charge in [0.05, 0.1) is 40.5 Å². The normalized spacial score (nSPS) is 34.4. The van der Waals surface area contributed by atoms with Crippen LogP contribution in [0.4, 0.5) is 18.9 Å². The summed E-state index contributed by atoms with van der Waals surface area (Å²) in [5.74, 6) is -4.53. The van der Waals surface area contributed by atoms with Gasteiger partial charge in [-0.25, -0.2) is 4.90 Å². The largest absolute Gasteiger partial charge is 0.417 e. The van der Waals surface area contributed by atoms with Crippen molar-refractivity contribution >= 4 is 23.4 Å². The van der Waals surface area contributed by atoms with Gasteiger partial charge in [0, 0.05) is 26.0 Å². The number of aliphatic hydroxyl groups excluding tert-OH is 2. The fourth-order valence-corrected chi connectivity index (χ4v) is 5.94. The molecule has 2 bridgehead atoms. The molecule has 3 fully saturated rings. The second-order valence-corrected chi connectivity index (χ2v) is 8.90. The number of anilines is 1. The maximum Gasteiger partial charge on any atom is 0.417 e. The average Bonchev–Trinajstić information content (AvgIpc) is 3.26. The number of ether oxygens (including phenoxy) is 1. The van der Waals surface area contributed by atoms with Crippen LogP contribution in [-0.2, 0) is 25.3 Å². The van der Waals surface area contributed by atoms with Crippen LogP contribution in [0.3, 0.4) is 0 Å². The number of rotatable bonds is 5. The van der Waals surface area contributed by atoms with Crippen molar-refractivity contribution in [2.24, 2.45) is 11.3 Å². The lowest BCUT2D eigenvalue weighted by Crippen LogP contribution is -2.63. The van der Waals surface area contributed by atoms with Crippen LogP contribution in [0.1, 0.15) is 37.8 Å². The van der Waals surface area contributed by atoms with Crippen LogP contribution in [0.2, 0.25) is 0 Å². The van der Waals surface area contributed by atoms with Gasteiger partial charge in [0.1, 0.15) is 5.60 Å². The molecule has 0 aromatic heterocycles. The van der Waals surface area contributed by atoms with Crippen molar-refractivity contribution in [1.29, 1.82) is 5.26 Å². The number of nitrogens with zero attached hydrogens (tertiary/aromatic N) is 2. The highest BCUT2D eigenvalue weighted by atomic mass is 19.4. The third kappa shape index (κ3) is 2.74. The number of carbonyl (C=O) groups is 3. The smallest absolute Gasteiger partial charge is 0.396 e. The molecule has 0 spiro atoms. The van der Waals surface area contributed by atoms with Crippen molar-refractivity contribution in [1.82, 2.24) is 5.32 Å². The second-order valence-electron chi connectivity index (χ2n) is 8.90. The first-order valence-corrected chi connectivity index (χ1v) is 10.6. The first kappa shape index (κ1) is 24.1. The van der Waals surface area contributed by atoms with E-state index in [2.05, 4.69) is 5.32 Å². The van der Waals surface area contributed by atoms with E-state index >= 15 is 0 Å². The Hall–Kier alpha value is -3.01. The predicted molar refractivity (Wildman–Crippen MR) is 108 cm³/mol. The number of halogens is 3. The van der Waals surface area contributed by atoms with Crippen molar-refractivity contribution in [3.63, 3.8) is 0 Å². The molecular formula is C22H22F3N3O6. The van der Waals surface area contributed by atoms with Gasteiger partial charge in [0.2, 0.25) is 11.8 Å². The van der Waals surface area contributed by atoms with Crippen LogP contribution in [0.15, 0.2) is 18.2 Å². The van der Waals surface area contributed by atoms with Crippen molar-refractivity contribution < 1.29 is 42.5 Å². The minimum absolute atomic E-state index is 0.0928. The number of imide groups is 1. The lowest BCUT2D eigenvalue weighted by Gasteiger charge is -2.41. The highest BCUT2D eigenvalue weighted by Crippen LogP contribution is 2.68. The van der Waals surface area contributed by atoms with Crippen LogP contribution in [-0.4, -0.2) is 58.4 Å². The summed E-state index contributed by atoms with van der Waals surface area (Å²) >= 11 is 0. The number of alkyl halides is 3. The van der Waals surface area contributed by atoms with E-state index in [1.165, 1.54) is 13.0 Å². The maximum absolute atomic E-state index is 13.9. The summed E-state index contributed by atoms with van der Waals surface area (Å²) in [6.07, 6.45) is -6.72. The van der Waals surface area contributed by atoms with Crippen LogP contribution >= 0.6 is 0 Å². The van der Waals surface area contributed by atoms with Gasteiger partial charge in [0.25, 0.3) is 5.91 Å². The number of fused-ring (bicyclic) bond motifs is 5. The number of benzene rings is 1. The molecule has 3 saturated heterocycles. The summed E-state index contributed by atoms with van der Waals surface area (Å²) in [5.41, 5.74) is -8.11. The summed E-state index contributed by atoms with van der Waals surface area (Å²) in [4.78, 5) is 41.5. The molecule has 182 valence electrons. The third-order valence-electron chi connectivity index (χ3n) is 7.21. The zero-order chi connectivity index (χ0) is 25.3. The van der Waals surface area contributed by atoms with Crippen LogP contribution in [0.5, 0.6) is 0 Å². The highest BCUT2D eigenvalue weighted by molar-refractivity contribution is 6.31. The number of hydrogen-bond acceptors (Lipinski definition) is 7. The Morgan fingerprint density at radius 1 is 1.38 bits per heavy atom. The van der Waals surface area contributed by atoms with Gasteiger partial charge in [-0.15, -0.1) is 0 Å². The molecule has 3 aliphatic rings. The van der Waals surface area contributed by atoms with Crippen LogP contribution in [0.25, 0.3) is 0 Å². The molecular weight excluding hydrogens is 459 g/mol. The molecule has 9 nitrogen and oxygen atoms in total. The number of hydrogen-bond donors (Lipinski definition) is 3. The minimum atomic E-state index is -4.94. The van der Waals surface area contributed by atoms with Gasteiger partial charge >= 0.3 is 6.18 Å². The molecule has 3 aliphatic heterocycles. The molecule has 4 rings (SSSR count). The first-order chi connectivity index (χ1) is 15.9. The Morgan fingerprint density at radius 2 is 2.06 bits per heavy atom. The van der Waals surface area contributed by atoms with Crippen molar-refractivity contribution in [3.8, 4) is 6.07 Å². The molecule has 1 aromatic rings. The number of nitriles is 1. The Balaban J connectivity index is 1.95. The van der Waals surface area contributed by atoms with Gasteiger partial charge in [-0.2, -0.15) is 18.4 Å². The summed E-state index contributed by atoms with van der Waals surface area (Å²) < 4.78 is 46.7. The van der Waals surface area contributed by atoms with E-state index < -0.39 is 76.0 Å². The standard InChI is InChI=1S/C22H22F3N3O6/c1-3-27-17(32)21-15(20(6-7-29)14(30)9-19(21,2)34-20)16(31)28(18(21)33)12-5-4-11(10-26)13(8-12)22(23,24)25/h4-5,8,14-15,29-30H,3,6-7,9H2,1-2H3,(H,27,32)/t14-,15-,19+,20-,21-/m0/s1. The highest BCUT2D eigenvalue weighted by Gasteiger charge is 2.87. The van der Waals surface area contributed by atoms with E-state index in [4.69, 9.17) is 10.00 Å². The van der Waals surface area contributed by atoms with E-state index in [1.54, 1.807) is 6.92 Å². The Labute approximate surface area is 192 Å². The molecule has 3 amide bonds. The van der Waals surface area contributed by atoms with Crippen molar-refractivity contribution in [2.75, 3.05) is 18.1 Å². The quantitative estimate of drug-likeness (QED) is 0.419. The molecule has 3 N–H and O–H groups in total. The summed E-state index contributed by atoms with van der Waals surface area (Å²) in [6, 6.07) is 3.81. The fourth-order valence-electron chi connectivity index (χ4n) is 5.94. The van der Waals surface area contributed by atoms with Gasteiger partial charge in [-0.3, -0.25) is 14.4 Å². The zero-order valence-electron chi connectivity index (χ0n) is 18.3. The van der Waals surface area contributed by atoms with E-state index in [0.29, 0.717) is 11.0 Å². The van der Waals surface area contributed by atoms with Crippen LogP contribution in [0, 0.1) is 22.7 Å². The van der Waals surface area contributed by atoms with Gasteiger partial charge in [0.15, 0.2) is 5.41 Å². The number of carbonyl (C=O) groups excluding carboxylic acids is 3. The van der Waals surface area contributed by atoms with E-state index in [1.807, 2.05) is 0 Å². The molecule has 0 saturated carbocycles. The molecule has 0 unspecified atom stereocenters. The molecule has 3 heterocycles. The number of aliphatic hydroxyl groups is 2. The molecule has 12 heteroatoms. The molecule has 0 radical (unpaired) electrons. The fraction of sp³-hybridized carbons (Fsp3) is 0.545. The van der Waals surface area contributed by atoms with Gasteiger partial charge in [-0.05, 0) is 32.0 Å². The minimum Gasteiger partial charge on any atom is -0.396 e.